The number of aliphatic hydroxyl groups is 1. The molecule has 0 unspecified atom stereocenters. The first-order chi connectivity index (χ1) is 9.73. The van der Waals surface area contributed by atoms with Crippen LogP contribution < -0.4 is 5.32 Å². The van der Waals surface area contributed by atoms with Crippen molar-refractivity contribution in [3.8, 4) is 0 Å². The summed E-state index contributed by atoms with van der Waals surface area (Å²) in [4.78, 5) is 0. The Bertz CT molecular complexity index is 449. The summed E-state index contributed by atoms with van der Waals surface area (Å²) in [5.74, 6) is -2.91. The van der Waals surface area contributed by atoms with Crippen LogP contribution in [0, 0.1) is 5.41 Å². The highest BCUT2D eigenvalue weighted by molar-refractivity contribution is 5.20. The van der Waals surface area contributed by atoms with Crippen LogP contribution in [-0.2, 0) is 5.92 Å². The van der Waals surface area contributed by atoms with E-state index in [0.717, 1.165) is 12.8 Å². The van der Waals surface area contributed by atoms with E-state index in [2.05, 4.69) is 19.2 Å². The Hall–Kier alpha value is -1.00. The third kappa shape index (κ3) is 4.48. The highest BCUT2D eigenvalue weighted by atomic mass is 19.3. The summed E-state index contributed by atoms with van der Waals surface area (Å²) in [5, 5.41) is 13.2. The molecule has 0 saturated heterocycles. The Morgan fingerprint density at radius 1 is 1.10 bits per heavy atom. The van der Waals surface area contributed by atoms with Gasteiger partial charge >= 0.3 is 0 Å². The number of rotatable bonds is 5. The van der Waals surface area contributed by atoms with Crippen LogP contribution in [0.25, 0.3) is 0 Å². The van der Waals surface area contributed by atoms with Gasteiger partial charge in [0.15, 0.2) is 0 Å². The summed E-state index contributed by atoms with van der Waals surface area (Å²) in [5.41, 5.74) is -0.586. The van der Waals surface area contributed by atoms with E-state index in [1.54, 1.807) is 18.2 Å². The van der Waals surface area contributed by atoms with Gasteiger partial charge in [0, 0.05) is 12.1 Å². The minimum absolute atomic E-state index is 0.00858. The molecule has 1 aliphatic carbocycles. The lowest BCUT2D eigenvalue weighted by Gasteiger charge is -2.40. The van der Waals surface area contributed by atoms with E-state index in [4.69, 9.17) is 0 Å². The molecule has 0 spiro atoms. The molecule has 0 atom stereocenters. The van der Waals surface area contributed by atoms with Gasteiger partial charge in [-0.25, -0.2) is 0 Å². The second kappa shape index (κ2) is 6.01. The molecule has 0 aromatic heterocycles. The topological polar surface area (TPSA) is 32.3 Å². The molecule has 1 aromatic rings. The monoisotopic (exact) mass is 297 g/mol. The Morgan fingerprint density at radius 2 is 1.67 bits per heavy atom. The molecule has 1 aliphatic rings. The van der Waals surface area contributed by atoms with Gasteiger partial charge in [-0.1, -0.05) is 44.2 Å². The summed E-state index contributed by atoms with van der Waals surface area (Å²) in [6, 6.07) is 7.80. The van der Waals surface area contributed by atoms with Crippen molar-refractivity contribution in [1.82, 2.24) is 5.32 Å². The summed E-state index contributed by atoms with van der Waals surface area (Å²) < 4.78 is 28.0. The number of hydrogen-bond donors (Lipinski definition) is 2. The van der Waals surface area contributed by atoms with Crippen LogP contribution in [0.5, 0.6) is 0 Å². The average molecular weight is 297 g/mol. The van der Waals surface area contributed by atoms with Crippen LogP contribution in [0.4, 0.5) is 8.78 Å². The second-order valence-electron chi connectivity index (χ2n) is 7.06. The van der Waals surface area contributed by atoms with Crippen LogP contribution in [0.2, 0.25) is 0 Å². The van der Waals surface area contributed by atoms with E-state index in [1.807, 2.05) is 0 Å². The first-order valence-corrected chi connectivity index (χ1v) is 7.59. The van der Waals surface area contributed by atoms with Crippen molar-refractivity contribution < 1.29 is 13.9 Å². The molecule has 1 aromatic carbocycles. The van der Waals surface area contributed by atoms with Crippen LogP contribution in [0.15, 0.2) is 30.3 Å². The van der Waals surface area contributed by atoms with Crippen LogP contribution in [0.1, 0.15) is 45.1 Å². The van der Waals surface area contributed by atoms with Crippen LogP contribution in [0.3, 0.4) is 0 Å². The van der Waals surface area contributed by atoms with Crippen molar-refractivity contribution in [1.29, 1.82) is 0 Å². The molecule has 0 bridgehead atoms. The first kappa shape index (κ1) is 16.4. The van der Waals surface area contributed by atoms with E-state index < -0.39 is 18.1 Å². The molecule has 0 heterocycles. The standard InChI is InChI=1S/C17H25F2NO/c1-15(2)8-10-16(21,11-9-15)12-20-13-17(18,19)14-6-4-3-5-7-14/h3-7,20-21H,8-13H2,1-2H3. The summed E-state index contributed by atoms with van der Waals surface area (Å²) in [7, 11) is 0. The number of alkyl halides is 2. The molecule has 1 fully saturated rings. The van der Waals surface area contributed by atoms with Gasteiger partial charge < -0.3 is 10.4 Å². The maximum atomic E-state index is 14.0. The Balaban J connectivity index is 1.84. The summed E-state index contributed by atoms with van der Waals surface area (Å²) in [6.45, 7) is 4.15. The molecule has 1 saturated carbocycles. The van der Waals surface area contributed by atoms with E-state index in [9.17, 15) is 13.9 Å². The zero-order valence-corrected chi connectivity index (χ0v) is 12.8. The Morgan fingerprint density at radius 3 is 2.24 bits per heavy atom. The molecule has 2 N–H and O–H groups in total. The minimum atomic E-state index is -2.91. The van der Waals surface area contributed by atoms with Gasteiger partial charge in [0.25, 0.3) is 5.92 Å². The largest absolute Gasteiger partial charge is 0.389 e. The van der Waals surface area contributed by atoms with Gasteiger partial charge in [-0.15, -0.1) is 0 Å². The molecular weight excluding hydrogens is 272 g/mol. The van der Waals surface area contributed by atoms with Gasteiger partial charge in [0.2, 0.25) is 0 Å². The highest BCUT2D eigenvalue weighted by Crippen LogP contribution is 2.40. The molecular formula is C17H25F2NO. The lowest BCUT2D eigenvalue weighted by Crippen LogP contribution is -2.47. The van der Waals surface area contributed by atoms with Gasteiger partial charge in [0.05, 0.1) is 12.1 Å². The third-order valence-electron chi connectivity index (χ3n) is 4.53. The van der Waals surface area contributed by atoms with Crippen LogP contribution in [-0.4, -0.2) is 23.8 Å². The summed E-state index contributed by atoms with van der Waals surface area (Å²) in [6.07, 6.45) is 3.20. The SMILES string of the molecule is CC1(C)CCC(O)(CNCC(F)(F)c2ccccc2)CC1. The average Bonchev–Trinajstić information content (AvgIpc) is 2.44. The number of benzene rings is 1. The lowest BCUT2D eigenvalue weighted by atomic mass is 9.71. The van der Waals surface area contributed by atoms with Crippen molar-refractivity contribution in [2.75, 3.05) is 13.1 Å². The molecule has 21 heavy (non-hydrogen) atoms. The van der Waals surface area contributed by atoms with Gasteiger partial charge in [-0.2, -0.15) is 8.78 Å². The maximum absolute atomic E-state index is 14.0. The zero-order chi connectivity index (χ0) is 15.6. The fraction of sp³-hybridized carbons (Fsp3) is 0.647. The van der Waals surface area contributed by atoms with E-state index in [1.165, 1.54) is 12.1 Å². The Labute approximate surface area is 125 Å². The predicted molar refractivity (Wildman–Crippen MR) is 80.4 cm³/mol. The molecule has 0 radical (unpaired) electrons. The van der Waals surface area contributed by atoms with E-state index >= 15 is 0 Å². The number of hydrogen-bond acceptors (Lipinski definition) is 2. The van der Waals surface area contributed by atoms with E-state index in [0.29, 0.717) is 12.8 Å². The van der Waals surface area contributed by atoms with Crippen molar-refractivity contribution in [3.63, 3.8) is 0 Å². The predicted octanol–water partition coefficient (Wildman–Crippen LogP) is 3.70. The smallest absolute Gasteiger partial charge is 0.285 e. The third-order valence-corrected chi connectivity index (χ3v) is 4.53. The molecule has 0 amide bonds. The second-order valence-corrected chi connectivity index (χ2v) is 7.06. The fourth-order valence-corrected chi connectivity index (χ4v) is 2.81. The molecule has 2 rings (SSSR count). The zero-order valence-electron chi connectivity index (χ0n) is 12.8. The highest BCUT2D eigenvalue weighted by Gasteiger charge is 2.37. The van der Waals surface area contributed by atoms with Crippen molar-refractivity contribution in [3.05, 3.63) is 35.9 Å². The molecule has 4 heteroatoms. The van der Waals surface area contributed by atoms with E-state index in [-0.39, 0.29) is 17.5 Å². The van der Waals surface area contributed by atoms with Gasteiger partial charge in [-0.05, 0) is 31.1 Å². The molecule has 2 nitrogen and oxygen atoms in total. The normalized spacial score (nSPS) is 21.2. The molecule has 118 valence electrons. The van der Waals surface area contributed by atoms with Gasteiger partial charge in [0.1, 0.15) is 0 Å². The Kier molecular flexibility index (Phi) is 4.69. The molecule has 0 aliphatic heterocycles. The number of nitrogens with one attached hydrogen (secondary N) is 1. The lowest BCUT2D eigenvalue weighted by molar-refractivity contribution is -0.0392. The van der Waals surface area contributed by atoms with Crippen LogP contribution >= 0.6 is 0 Å². The fourth-order valence-electron chi connectivity index (χ4n) is 2.81. The minimum Gasteiger partial charge on any atom is -0.389 e. The summed E-state index contributed by atoms with van der Waals surface area (Å²) >= 11 is 0. The number of halogens is 2. The van der Waals surface area contributed by atoms with Crippen molar-refractivity contribution in [2.45, 2.75) is 51.1 Å². The van der Waals surface area contributed by atoms with Crippen molar-refractivity contribution >= 4 is 0 Å². The first-order valence-electron chi connectivity index (χ1n) is 7.59. The quantitative estimate of drug-likeness (QED) is 0.868. The van der Waals surface area contributed by atoms with Gasteiger partial charge in [-0.3, -0.25) is 0 Å². The van der Waals surface area contributed by atoms with Crippen molar-refractivity contribution in [2.24, 2.45) is 5.41 Å². The maximum Gasteiger partial charge on any atom is 0.285 e.